The van der Waals surface area contributed by atoms with Gasteiger partial charge >= 0.3 is 5.97 Å². The molecule has 76 valence electrons. The predicted molar refractivity (Wildman–Crippen MR) is 50.6 cm³/mol. The molecule has 0 aliphatic carbocycles. The topological polar surface area (TPSA) is 66.8 Å². The van der Waals surface area contributed by atoms with Crippen LogP contribution in [0.2, 0.25) is 5.02 Å². The number of carboxylic acid groups (broad SMARTS) is 1. The second-order valence-corrected chi connectivity index (χ2v) is 3.00. The van der Waals surface area contributed by atoms with Crippen molar-refractivity contribution in [1.82, 2.24) is 0 Å². The molecule has 0 radical (unpaired) electrons. The van der Waals surface area contributed by atoms with E-state index in [4.69, 9.17) is 26.6 Å². The third-order valence-electron chi connectivity index (χ3n) is 1.52. The summed E-state index contributed by atoms with van der Waals surface area (Å²) in [5.74, 6) is -0.966. The molecule has 1 unspecified atom stereocenters. The zero-order valence-corrected chi connectivity index (χ0v) is 7.94. The number of aliphatic hydroxyl groups excluding tert-OH is 1. The van der Waals surface area contributed by atoms with Gasteiger partial charge in [-0.2, -0.15) is 0 Å². The molecule has 1 atom stereocenters. The molecule has 0 heterocycles. The number of carboxylic acids is 1. The van der Waals surface area contributed by atoms with E-state index < -0.39 is 12.1 Å². The quantitative estimate of drug-likeness (QED) is 0.793. The molecule has 14 heavy (non-hydrogen) atoms. The Kier molecular flexibility index (Phi) is 3.73. The van der Waals surface area contributed by atoms with E-state index in [1.54, 1.807) is 24.3 Å². The minimum atomic E-state index is -1.54. The third-order valence-corrected chi connectivity index (χ3v) is 1.83. The Hall–Kier alpha value is -1.26. The average Bonchev–Trinajstić information content (AvgIpc) is 2.16. The van der Waals surface area contributed by atoms with Crippen LogP contribution >= 0.6 is 11.6 Å². The molecule has 1 aromatic carbocycles. The van der Waals surface area contributed by atoms with Crippen LogP contribution in [0.1, 0.15) is 0 Å². The smallest absolute Gasteiger partial charge is 0.336 e. The van der Waals surface area contributed by atoms with Crippen molar-refractivity contribution in [3.63, 3.8) is 0 Å². The van der Waals surface area contributed by atoms with Crippen molar-refractivity contribution in [2.75, 3.05) is 6.61 Å². The summed E-state index contributed by atoms with van der Waals surface area (Å²) in [5, 5.41) is 17.7. The van der Waals surface area contributed by atoms with Crippen molar-refractivity contribution in [3.05, 3.63) is 29.3 Å². The molecule has 0 saturated carbocycles. The van der Waals surface area contributed by atoms with Crippen LogP contribution in [0.4, 0.5) is 0 Å². The van der Waals surface area contributed by atoms with Crippen molar-refractivity contribution in [3.8, 4) is 5.75 Å². The zero-order chi connectivity index (χ0) is 10.6. The molecule has 0 aliphatic heterocycles. The maximum atomic E-state index is 10.2. The largest absolute Gasteiger partial charge is 0.489 e. The van der Waals surface area contributed by atoms with Crippen LogP contribution in [0, 0.1) is 0 Å². The van der Waals surface area contributed by atoms with E-state index in [-0.39, 0.29) is 6.61 Å². The first-order chi connectivity index (χ1) is 6.61. The number of rotatable bonds is 4. The van der Waals surface area contributed by atoms with Crippen molar-refractivity contribution >= 4 is 17.6 Å². The van der Waals surface area contributed by atoms with Gasteiger partial charge in [-0.3, -0.25) is 0 Å². The number of benzene rings is 1. The van der Waals surface area contributed by atoms with Gasteiger partial charge in [0.2, 0.25) is 0 Å². The fourth-order valence-corrected chi connectivity index (χ4v) is 0.992. The molecule has 1 aromatic rings. The van der Waals surface area contributed by atoms with Crippen molar-refractivity contribution in [2.24, 2.45) is 0 Å². The van der Waals surface area contributed by atoms with E-state index >= 15 is 0 Å². The first kappa shape index (κ1) is 10.8. The number of aliphatic carboxylic acids is 1. The molecule has 4 nitrogen and oxygen atoms in total. The van der Waals surface area contributed by atoms with Crippen LogP contribution < -0.4 is 4.74 Å². The summed E-state index contributed by atoms with van der Waals surface area (Å²) in [4.78, 5) is 10.2. The Balaban J connectivity index is 2.54. The summed E-state index contributed by atoms with van der Waals surface area (Å²) < 4.78 is 5.00. The minimum Gasteiger partial charge on any atom is -0.489 e. The molecule has 0 aromatic heterocycles. The van der Waals surface area contributed by atoms with E-state index in [1.807, 2.05) is 0 Å². The molecule has 5 heteroatoms. The lowest BCUT2D eigenvalue weighted by molar-refractivity contribution is -0.148. The SMILES string of the molecule is O=C(O)C(O)COc1ccccc1Cl. The van der Waals surface area contributed by atoms with Crippen LogP contribution in [0.15, 0.2) is 24.3 Å². The Morgan fingerprint density at radius 1 is 1.50 bits per heavy atom. The normalized spacial score (nSPS) is 12.1. The van der Waals surface area contributed by atoms with Gasteiger partial charge < -0.3 is 14.9 Å². The highest BCUT2D eigenvalue weighted by molar-refractivity contribution is 6.32. The molecule has 0 bridgehead atoms. The maximum Gasteiger partial charge on any atom is 0.336 e. The van der Waals surface area contributed by atoms with Gasteiger partial charge in [-0.05, 0) is 12.1 Å². The summed E-state index contributed by atoms with van der Waals surface area (Å²) in [6.45, 7) is -0.320. The monoisotopic (exact) mass is 216 g/mol. The van der Waals surface area contributed by atoms with Crippen LogP contribution in [-0.4, -0.2) is 28.9 Å². The van der Waals surface area contributed by atoms with E-state index in [0.29, 0.717) is 10.8 Å². The maximum absolute atomic E-state index is 10.2. The van der Waals surface area contributed by atoms with Crippen LogP contribution in [0.3, 0.4) is 0 Å². The Morgan fingerprint density at radius 2 is 2.14 bits per heavy atom. The van der Waals surface area contributed by atoms with Gasteiger partial charge in [-0.15, -0.1) is 0 Å². The lowest BCUT2D eigenvalue weighted by Crippen LogP contribution is -2.26. The number of hydrogen-bond donors (Lipinski definition) is 2. The fraction of sp³-hybridized carbons (Fsp3) is 0.222. The van der Waals surface area contributed by atoms with Gasteiger partial charge in [0.15, 0.2) is 6.10 Å². The summed E-state index contributed by atoms with van der Waals surface area (Å²) in [6.07, 6.45) is -1.54. The molecule has 0 aliphatic rings. The molecule has 0 amide bonds. The Labute approximate surface area is 85.7 Å². The Bertz CT molecular complexity index is 326. The minimum absolute atomic E-state index is 0.320. The first-order valence-corrected chi connectivity index (χ1v) is 4.27. The van der Waals surface area contributed by atoms with Gasteiger partial charge in [0.05, 0.1) is 5.02 Å². The number of para-hydroxylation sites is 1. The van der Waals surface area contributed by atoms with Gasteiger partial charge in [0.25, 0.3) is 0 Å². The number of carbonyl (C=O) groups is 1. The summed E-state index contributed by atoms with van der Waals surface area (Å²) in [5.41, 5.74) is 0. The summed E-state index contributed by atoms with van der Waals surface area (Å²) in [6, 6.07) is 6.64. The molecule has 1 rings (SSSR count). The van der Waals surface area contributed by atoms with Gasteiger partial charge in [0.1, 0.15) is 12.4 Å². The van der Waals surface area contributed by atoms with Gasteiger partial charge in [0, 0.05) is 0 Å². The molecular formula is C9H9ClO4. The van der Waals surface area contributed by atoms with Crippen molar-refractivity contribution in [1.29, 1.82) is 0 Å². The molecular weight excluding hydrogens is 208 g/mol. The number of aliphatic hydroxyl groups is 1. The molecule has 2 N–H and O–H groups in total. The third kappa shape index (κ3) is 2.90. The molecule has 0 fully saturated rings. The van der Waals surface area contributed by atoms with E-state index in [2.05, 4.69) is 0 Å². The fourth-order valence-electron chi connectivity index (χ4n) is 0.802. The highest BCUT2D eigenvalue weighted by Gasteiger charge is 2.14. The van der Waals surface area contributed by atoms with E-state index in [1.165, 1.54) is 0 Å². The molecule has 0 spiro atoms. The zero-order valence-electron chi connectivity index (χ0n) is 7.18. The first-order valence-electron chi connectivity index (χ1n) is 3.89. The van der Waals surface area contributed by atoms with Gasteiger partial charge in [-0.25, -0.2) is 4.79 Å². The van der Waals surface area contributed by atoms with Crippen molar-refractivity contribution < 1.29 is 19.7 Å². The van der Waals surface area contributed by atoms with Gasteiger partial charge in [-0.1, -0.05) is 23.7 Å². The second kappa shape index (κ2) is 4.83. The molecule has 0 saturated heterocycles. The highest BCUT2D eigenvalue weighted by Crippen LogP contribution is 2.22. The lowest BCUT2D eigenvalue weighted by Gasteiger charge is -2.09. The number of hydrogen-bond acceptors (Lipinski definition) is 3. The summed E-state index contributed by atoms with van der Waals surface area (Å²) >= 11 is 5.73. The van der Waals surface area contributed by atoms with E-state index in [9.17, 15) is 4.79 Å². The number of halogens is 1. The van der Waals surface area contributed by atoms with Crippen LogP contribution in [0.5, 0.6) is 5.75 Å². The Morgan fingerprint density at radius 3 is 2.71 bits per heavy atom. The average molecular weight is 217 g/mol. The highest BCUT2D eigenvalue weighted by atomic mass is 35.5. The lowest BCUT2D eigenvalue weighted by atomic mass is 10.3. The van der Waals surface area contributed by atoms with Crippen LogP contribution in [0.25, 0.3) is 0 Å². The van der Waals surface area contributed by atoms with Crippen LogP contribution in [-0.2, 0) is 4.79 Å². The van der Waals surface area contributed by atoms with E-state index in [0.717, 1.165) is 0 Å². The van der Waals surface area contributed by atoms with Crippen molar-refractivity contribution in [2.45, 2.75) is 6.10 Å². The number of ether oxygens (including phenoxy) is 1. The second-order valence-electron chi connectivity index (χ2n) is 2.60. The summed E-state index contributed by atoms with van der Waals surface area (Å²) in [7, 11) is 0. The predicted octanol–water partition coefficient (Wildman–Crippen LogP) is 1.16. The standard InChI is InChI=1S/C9H9ClO4/c10-6-3-1-2-4-8(6)14-5-7(11)9(12)13/h1-4,7,11H,5H2,(H,12,13).